The number of rotatable bonds is 10. The predicted octanol–water partition coefficient (Wildman–Crippen LogP) is 3.54. The number of carbonyl (C=O) groups excluding carboxylic acids is 2. The van der Waals surface area contributed by atoms with Gasteiger partial charge >= 0.3 is 12.1 Å². The number of carboxylic acids is 1. The Kier molecular flexibility index (Phi) is 8.28. The molecule has 0 heterocycles. The van der Waals surface area contributed by atoms with E-state index in [1.165, 1.54) is 7.11 Å². The number of carboxylic acid groups (broad SMARTS) is 1. The van der Waals surface area contributed by atoms with Crippen LogP contribution in [0.5, 0.6) is 0 Å². The lowest BCUT2D eigenvalue weighted by molar-refractivity contribution is -0.146. The van der Waals surface area contributed by atoms with E-state index in [1.807, 2.05) is 50.2 Å². The molecule has 4 atom stereocenters. The second-order valence-electron chi connectivity index (χ2n) is 8.60. The summed E-state index contributed by atoms with van der Waals surface area (Å²) in [5.74, 6) is -2.16. The third-order valence-corrected chi connectivity index (χ3v) is 6.52. The van der Waals surface area contributed by atoms with Crippen molar-refractivity contribution >= 4 is 18.0 Å². The highest BCUT2D eigenvalue weighted by atomic mass is 16.5. The zero-order chi connectivity index (χ0) is 24.8. The molecule has 0 bridgehead atoms. The Bertz CT molecular complexity index is 994. The minimum atomic E-state index is -1.24. The first-order valence-electron chi connectivity index (χ1n) is 11.5. The molecular weight excluding hydrogens is 436 g/mol. The van der Waals surface area contributed by atoms with Crippen LogP contribution < -0.4 is 10.6 Å². The van der Waals surface area contributed by atoms with Crippen molar-refractivity contribution in [1.29, 1.82) is 0 Å². The summed E-state index contributed by atoms with van der Waals surface area (Å²) in [5.41, 5.74) is 4.42. The molecule has 34 heavy (non-hydrogen) atoms. The Hall–Kier alpha value is -3.39. The summed E-state index contributed by atoms with van der Waals surface area (Å²) in [4.78, 5) is 37.2. The Balaban J connectivity index is 1.69. The average Bonchev–Trinajstić information content (AvgIpc) is 3.17. The first-order valence-corrected chi connectivity index (χ1v) is 11.5. The zero-order valence-electron chi connectivity index (χ0n) is 19.9. The normalized spacial score (nSPS) is 15.9. The number of nitrogens with one attached hydrogen (secondary N) is 2. The van der Waals surface area contributed by atoms with Crippen molar-refractivity contribution in [2.45, 2.75) is 51.3 Å². The number of amides is 2. The van der Waals surface area contributed by atoms with Gasteiger partial charge in [0, 0.05) is 13.0 Å². The number of ether oxygens (including phenoxy) is 2. The van der Waals surface area contributed by atoms with E-state index in [-0.39, 0.29) is 18.4 Å². The van der Waals surface area contributed by atoms with E-state index < -0.39 is 36.2 Å². The van der Waals surface area contributed by atoms with Crippen molar-refractivity contribution in [1.82, 2.24) is 10.6 Å². The Morgan fingerprint density at radius 2 is 1.50 bits per heavy atom. The van der Waals surface area contributed by atoms with E-state index in [2.05, 4.69) is 22.8 Å². The van der Waals surface area contributed by atoms with Crippen molar-refractivity contribution in [3.05, 3.63) is 59.7 Å². The van der Waals surface area contributed by atoms with Crippen LogP contribution in [0, 0.1) is 5.92 Å². The van der Waals surface area contributed by atoms with Crippen molar-refractivity contribution in [2.24, 2.45) is 5.92 Å². The minimum Gasteiger partial charge on any atom is -0.480 e. The summed E-state index contributed by atoms with van der Waals surface area (Å²) in [7, 11) is 1.37. The summed E-state index contributed by atoms with van der Waals surface area (Å²) in [6, 6.07) is 13.8. The lowest BCUT2D eigenvalue weighted by Gasteiger charge is -2.27. The topological polar surface area (TPSA) is 114 Å². The number of aliphatic carboxylic acids is 1. The first kappa shape index (κ1) is 25.2. The molecule has 3 N–H and O–H groups in total. The van der Waals surface area contributed by atoms with E-state index >= 15 is 0 Å². The van der Waals surface area contributed by atoms with Crippen molar-refractivity contribution in [3.63, 3.8) is 0 Å². The Labute approximate surface area is 199 Å². The minimum absolute atomic E-state index is 0.104. The molecule has 8 heteroatoms. The highest BCUT2D eigenvalue weighted by Gasteiger charge is 2.34. The van der Waals surface area contributed by atoms with Gasteiger partial charge in [0.15, 0.2) is 6.04 Å². The largest absolute Gasteiger partial charge is 0.480 e. The molecule has 3 rings (SSSR count). The molecule has 8 nitrogen and oxygen atoms in total. The molecule has 2 amide bonds. The van der Waals surface area contributed by atoms with Crippen LogP contribution >= 0.6 is 0 Å². The highest BCUT2D eigenvalue weighted by molar-refractivity contribution is 5.89. The fraction of sp³-hybridized carbons (Fsp3) is 0.423. The number of hydrogen-bond acceptors (Lipinski definition) is 5. The van der Waals surface area contributed by atoms with Gasteiger partial charge in [-0.05, 0) is 35.1 Å². The van der Waals surface area contributed by atoms with Crippen LogP contribution in [0.25, 0.3) is 11.1 Å². The zero-order valence-corrected chi connectivity index (χ0v) is 19.9. The number of hydrogen-bond donors (Lipinski definition) is 3. The van der Waals surface area contributed by atoms with Crippen molar-refractivity contribution in [3.8, 4) is 11.1 Å². The van der Waals surface area contributed by atoms with Crippen LogP contribution in [0.1, 0.15) is 44.2 Å². The molecule has 0 saturated heterocycles. The summed E-state index contributed by atoms with van der Waals surface area (Å²) in [6.45, 7) is 5.36. The second-order valence-corrected chi connectivity index (χ2v) is 8.60. The SMILES string of the molecule is CCC(C)[C@H](NC(=O)OCC1c2ccccc2-c2ccccc21)C(=O)NC(C(=O)O)C(C)OC. The predicted molar refractivity (Wildman–Crippen MR) is 127 cm³/mol. The van der Waals surface area contributed by atoms with Crippen LogP contribution in [0.4, 0.5) is 4.79 Å². The molecule has 0 aliphatic heterocycles. The molecule has 2 aromatic rings. The molecule has 2 aromatic carbocycles. The summed E-state index contributed by atoms with van der Waals surface area (Å²) < 4.78 is 10.6. The maximum atomic E-state index is 12.9. The van der Waals surface area contributed by atoms with Crippen molar-refractivity contribution < 1.29 is 29.0 Å². The Morgan fingerprint density at radius 3 is 2.00 bits per heavy atom. The van der Waals surface area contributed by atoms with Gasteiger partial charge in [-0.2, -0.15) is 0 Å². The lowest BCUT2D eigenvalue weighted by atomic mass is 9.97. The van der Waals surface area contributed by atoms with Crippen LogP contribution in [0.15, 0.2) is 48.5 Å². The molecule has 1 aliphatic carbocycles. The molecule has 182 valence electrons. The quantitative estimate of drug-likeness (QED) is 0.491. The van der Waals surface area contributed by atoms with Gasteiger partial charge in [0.1, 0.15) is 12.6 Å². The maximum Gasteiger partial charge on any atom is 0.407 e. The summed E-state index contributed by atoms with van der Waals surface area (Å²) in [5, 5.41) is 14.6. The van der Waals surface area contributed by atoms with Crippen LogP contribution in [0.3, 0.4) is 0 Å². The third kappa shape index (κ3) is 5.39. The van der Waals surface area contributed by atoms with Crippen LogP contribution in [-0.4, -0.2) is 55.0 Å². The van der Waals surface area contributed by atoms with E-state index in [1.54, 1.807) is 6.92 Å². The number of carbonyl (C=O) groups is 3. The molecule has 0 fully saturated rings. The molecule has 0 saturated carbocycles. The van der Waals surface area contributed by atoms with E-state index in [4.69, 9.17) is 9.47 Å². The Morgan fingerprint density at radius 1 is 0.941 bits per heavy atom. The second kappa shape index (κ2) is 11.2. The highest BCUT2D eigenvalue weighted by Crippen LogP contribution is 2.44. The molecule has 0 radical (unpaired) electrons. The number of fused-ring (bicyclic) bond motifs is 3. The fourth-order valence-corrected chi connectivity index (χ4v) is 4.23. The maximum absolute atomic E-state index is 12.9. The van der Waals surface area contributed by atoms with Gasteiger partial charge in [0.05, 0.1) is 6.10 Å². The number of alkyl carbamates (subject to hydrolysis) is 1. The van der Waals surface area contributed by atoms with E-state index in [0.717, 1.165) is 22.3 Å². The fourth-order valence-electron chi connectivity index (χ4n) is 4.23. The average molecular weight is 469 g/mol. The molecule has 0 aromatic heterocycles. The number of methoxy groups -OCH3 is 1. The lowest BCUT2D eigenvalue weighted by Crippen LogP contribution is -2.56. The monoisotopic (exact) mass is 468 g/mol. The molecule has 1 aliphatic rings. The smallest absolute Gasteiger partial charge is 0.407 e. The van der Waals surface area contributed by atoms with Gasteiger partial charge in [-0.15, -0.1) is 0 Å². The third-order valence-electron chi connectivity index (χ3n) is 6.52. The first-order chi connectivity index (χ1) is 16.3. The molecular formula is C26H32N2O6. The van der Waals surface area contributed by atoms with Gasteiger partial charge in [0.2, 0.25) is 5.91 Å². The van der Waals surface area contributed by atoms with Crippen LogP contribution in [-0.2, 0) is 19.1 Å². The van der Waals surface area contributed by atoms with E-state index in [0.29, 0.717) is 6.42 Å². The van der Waals surface area contributed by atoms with Crippen LogP contribution in [0.2, 0.25) is 0 Å². The van der Waals surface area contributed by atoms with E-state index in [9.17, 15) is 19.5 Å². The van der Waals surface area contributed by atoms with Crippen molar-refractivity contribution in [2.75, 3.05) is 13.7 Å². The standard InChI is InChI=1S/C26H32N2O6/c1-5-15(2)22(24(29)27-23(25(30)31)16(3)33-4)28-26(32)34-14-21-19-12-8-6-10-17(19)18-11-7-9-13-20(18)21/h6-13,15-16,21-23H,5,14H2,1-4H3,(H,27,29)(H,28,32)(H,30,31)/t15?,16?,22-,23?/m0/s1. The van der Waals surface area contributed by atoms with Gasteiger partial charge < -0.3 is 25.2 Å². The van der Waals surface area contributed by atoms with Gasteiger partial charge in [-0.1, -0.05) is 68.8 Å². The van der Waals surface area contributed by atoms with Gasteiger partial charge in [-0.3, -0.25) is 4.79 Å². The molecule has 0 spiro atoms. The van der Waals surface area contributed by atoms with Gasteiger partial charge in [0.25, 0.3) is 0 Å². The summed E-state index contributed by atoms with van der Waals surface area (Å²) >= 11 is 0. The number of benzene rings is 2. The molecule has 3 unspecified atom stereocenters. The van der Waals surface area contributed by atoms with Gasteiger partial charge in [-0.25, -0.2) is 9.59 Å². The summed E-state index contributed by atoms with van der Waals surface area (Å²) in [6.07, 6.45) is -0.873.